The first-order valence-corrected chi connectivity index (χ1v) is 10.1. The Balaban J connectivity index is 0.00000289. The highest BCUT2D eigenvalue weighted by Crippen LogP contribution is 2.22. The van der Waals surface area contributed by atoms with Crippen molar-refractivity contribution in [2.45, 2.75) is 13.8 Å². The maximum atomic E-state index is 9.89. The number of benzene rings is 2. The van der Waals surface area contributed by atoms with E-state index in [1.165, 1.54) is 6.21 Å². The van der Waals surface area contributed by atoms with Gasteiger partial charge in [-0.2, -0.15) is 20.1 Å². The molecule has 2 heterocycles. The van der Waals surface area contributed by atoms with Gasteiger partial charge in [0.25, 0.3) is 0 Å². The van der Waals surface area contributed by atoms with Crippen LogP contribution in [0.3, 0.4) is 0 Å². The van der Waals surface area contributed by atoms with Crippen LogP contribution in [0.15, 0.2) is 47.6 Å². The Bertz CT molecular complexity index is 1090. The molecule has 0 aliphatic carbocycles. The maximum absolute atomic E-state index is 9.89. The largest absolute Gasteiger partial charge is 0.507 e. The quantitative estimate of drug-likeness (QED) is 0.382. The molecule has 4 rings (SSSR count). The standard InChI is InChI=1S/C22H25N7O2.ClH/c1-15-7-8-16(2)18(13-15)24-20-25-21(27-22(26-20)29-9-11-31-12-10-29)28-23-14-17-5-3-4-6-19(17)30;/h3-8,13-14,30H,9-12H2,1-2H3,(H2,24,25,26,27,28);1H/b23-14+;. The minimum Gasteiger partial charge on any atom is -0.507 e. The first-order valence-electron chi connectivity index (χ1n) is 10.1. The van der Waals surface area contributed by atoms with Crippen LogP contribution in [0.25, 0.3) is 0 Å². The van der Waals surface area contributed by atoms with E-state index in [4.69, 9.17) is 4.74 Å². The molecular formula is C22H26ClN7O2. The molecule has 1 aromatic heterocycles. The van der Waals surface area contributed by atoms with Crippen molar-refractivity contribution in [2.24, 2.45) is 5.10 Å². The summed E-state index contributed by atoms with van der Waals surface area (Å²) < 4.78 is 5.44. The molecule has 168 valence electrons. The molecule has 1 saturated heterocycles. The van der Waals surface area contributed by atoms with Crippen LogP contribution in [0.2, 0.25) is 0 Å². The third-order valence-electron chi connectivity index (χ3n) is 4.86. The molecule has 1 aliphatic heterocycles. The number of anilines is 4. The van der Waals surface area contributed by atoms with Crippen molar-refractivity contribution in [2.75, 3.05) is 41.9 Å². The molecule has 1 aliphatic rings. The number of phenolic OH excluding ortho intramolecular Hbond substituents is 1. The fraction of sp³-hybridized carbons (Fsp3) is 0.273. The highest BCUT2D eigenvalue weighted by atomic mass is 35.5. The fourth-order valence-corrected chi connectivity index (χ4v) is 3.12. The average molecular weight is 456 g/mol. The summed E-state index contributed by atoms with van der Waals surface area (Å²) in [4.78, 5) is 15.6. The van der Waals surface area contributed by atoms with Gasteiger partial charge in [0.1, 0.15) is 5.75 Å². The van der Waals surface area contributed by atoms with Crippen molar-refractivity contribution in [1.82, 2.24) is 15.0 Å². The number of morpholine rings is 1. The Morgan fingerprint density at radius 2 is 1.78 bits per heavy atom. The number of nitrogens with zero attached hydrogens (tertiary/aromatic N) is 5. The fourth-order valence-electron chi connectivity index (χ4n) is 3.12. The van der Waals surface area contributed by atoms with E-state index in [0.29, 0.717) is 49.7 Å². The van der Waals surface area contributed by atoms with Crippen LogP contribution in [0.4, 0.5) is 23.5 Å². The number of ether oxygens (including phenoxy) is 1. The number of aromatic nitrogens is 3. The molecule has 0 radical (unpaired) electrons. The van der Waals surface area contributed by atoms with Gasteiger partial charge in [-0.15, -0.1) is 12.4 Å². The lowest BCUT2D eigenvalue weighted by Gasteiger charge is -2.27. The molecule has 0 unspecified atom stereocenters. The van der Waals surface area contributed by atoms with Crippen molar-refractivity contribution in [3.63, 3.8) is 0 Å². The summed E-state index contributed by atoms with van der Waals surface area (Å²) in [5, 5.41) is 17.4. The van der Waals surface area contributed by atoms with Crippen molar-refractivity contribution >= 4 is 42.2 Å². The summed E-state index contributed by atoms with van der Waals surface area (Å²) in [6, 6.07) is 13.1. The molecule has 1 fully saturated rings. The number of hydrazone groups is 1. The Morgan fingerprint density at radius 1 is 1.03 bits per heavy atom. The van der Waals surface area contributed by atoms with Crippen LogP contribution in [0, 0.1) is 13.8 Å². The van der Waals surface area contributed by atoms with Gasteiger partial charge >= 0.3 is 0 Å². The number of rotatable bonds is 6. The van der Waals surface area contributed by atoms with Gasteiger partial charge in [-0.1, -0.05) is 24.3 Å². The Labute approximate surface area is 193 Å². The topological polar surface area (TPSA) is 108 Å². The molecular weight excluding hydrogens is 430 g/mol. The summed E-state index contributed by atoms with van der Waals surface area (Å²) in [6.45, 7) is 6.72. The first-order chi connectivity index (χ1) is 15.1. The van der Waals surface area contributed by atoms with Gasteiger partial charge in [-0.25, -0.2) is 5.43 Å². The van der Waals surface area contributed by atoms with Crippen LogP contribution in [0.1, 0.15) is 16.7 Å². The maximum Gasteiger partial charge on any atom is 0.250 e. The van der Waals surface area contributed by atoms with E-state index in [2.05, 4.69) is 53.9 Å². The molecule has 0 spiro atoms. The second-order valence-electron chi connectivity index (χ2n) is 7.25. The monoisotopic (exact) mass is 455 g/mol. The number of para-hydroxylation sites is 1. The zero-order valence-corrected chi connectivity index (χ0v) is 18.8. The lowest BCUT2D eigenvalue weighted by atomic mass is 10.1. The molecule has 3 N–H and O–H groups in total. The smallest absolute Gasteiger partial charge is 0.250 e. The highest BCUT2D eigenvalue weighted by molar-refractivity contribution is 5.85. The zero-order chi connectivity index (χ0) is 21.6. The van der Waals surface area contributed by atoms with Crippen LogP contribution < -0.4 is 15.6 Å². The third-order valence-corrected chi connectivity index (χ3v) is 4.86. The van der Waals surface area contributed by atoms with Crippen LogP contribution >= 0.6 is 12.4 Å². The van der Waals surface area contributed by atoms with E-state index >= 15 is 0 Å². The number of hydrogen-bond donors (Lipinski definition) is 3. The van der Waals surface area contributed by atoms with E-state index in [1.807, 2.05) is 19.9 Å². The average Bonchev–Trinajstić information content (AvgIpc) is 2.78. The van der Waals surface area contributed by atoms with Gasteiger partial charge in [0.15, 0.2) is 0 Å². The van der Waals surface area contributed by atoms with Gasteiger partial charge in [0.2, 0.25) is 17.8 Å². The van der Waals surface area contributed by atoms with Crippen molar-refractivity contribution in [3.8, 4) is 5.75 Å². The number of halogens is 1. The molecule has 0 atom stereocenters. The van der Waals surface area contributed by atoms with Gasteiger partial charge < -0.3 is 20.1 Å². The summed E-state index contributed by atoms with van der Waals surface area (Å²) in [5.74, 6) is 1.42. The number of phenols is 1. The Morgan fingerprint density at radius 3 is 2.56 bits per heavy atom. The second kappa shape index (κ2) is 10.7. The second-order valence-corrected chi connectivity index (χ2v) is 7.25. The molecule has 0 amide bonds. The number of nitrogens with one attached hydrogen (secondary N) is 2. The van der Waals surface area contributed by atoms with Crippen molar-refractivity contribution < 1.29 is 9.84 Å². The molecule has 32 heavy (non-hydrogen) atoms. The van der Waals surface area contributed by atoms with E-state index < -0.39 is 0 Å². The molecule has 0 saturated carbocycles. The number of hydrogen-bond acceptors (Lipinski definition) is 9. The third kappa shape index (κ3) is 5.83. The highest BCUT2D eigenvalue weighted by Gasteiger charge is 2.17. The summed E-state index contributed by atoms with van der Waals surface area (Å²) in [7, 11) is 0. The number of aromatic hydroxyl groups is 1. The van der Waals surface area contributed by atoms with Crippen LogP contribution in [0.5, 0.6) is 5.75 Å². The van der Waals surface area contributed by atoms with Gasteiger partial charge in [0.05, 0.1) is 19.4 Å². The Hall–Kier alpha value is -3.43. The predicted octanol–water partition coefficient (Wildman–Crippen LogP) is 3.64. The molecule has 9 nitrogen and oxygen atoms in total. The first kappa shape index (κ1) is 23.2. The SMILES string of the molecule is Cc1ccc(C)c(Nc2nc(N/N=C/c3ccccc3O)nc(N3CCOCC3)n2)c1.Cl. The van der Waals surface area contributed by atoms with E-state index in [1.54, 1.807) is 18.2 Å². The normalized spacial score (nSPS) is 13.6. The molecule has 10 heteroatoms. The van der Waals surface area contributed by atoms with Gasteiger partial charge in [-0.3, -0.25) is 0 Å². The lowest BCUT2D eigenvalue weighted by Crippen LogP contribution is -2.37. The van der Waals surface area contributed by atoms with Gasteiger partial charge in [-0.05, 0) is 43.2 Å². The van der Waals surface area contributed by atoms with Gasteiger partial charge in [0, 0.05) is 24.3 Å². The Kier molecular flexibility index (Phi) is 7.80. The summed E-state index contributed by atoms with van der Waals surface area (Å²) in [5.41, 5.74) is 6.60. The lowest BCUT2D eigenvalue weighted by molar-refractivity contribution is 0.122. The van der Waals surface area contributed by atoms with Crippen molar-refractivity contribution in [1.29, 1.82) is 0 Å². The minimum atomic E-state index is 0. The molecule has 3 aromatic rings. The summed E-state index contributed by atoms with van der Waals surface area (Å²) in [6.07, 6.45) is 1.52. The van der Waals surface area contributed by atoms with E-state index in [0.717, 1.165) is 16.8 Å². The van der Waals surface area contributed by atoms with E-state index in [-0.39, 0.29) is 18.2 Å². The minimum absolute atomic E-state index is 0. The summed E-state index contributed by atoms with van der Waals surface area (Å²) >= 11 is 0. The van der Waals surface area contributed by atoms with Crippen LogP contribution in [-0.4, -0.2) is 52.6 Å². The number of aryl methyl sites for hydroxylation is 2. The molecule has 0 bridgehead atoms. The van der Waals surface area contributed by atoms with Crippen LogP contribution in [-0.2, 0) is 4.74 Å². The predicted molar refractivity (Wildman–Crippen MR) is 129 cm³/mol. The molecule has 2 aromatic carbocycles. The van der Waals surface area contributed by atoms with Crippen molar-refractivity contribution in [3.05, 3.63) is 59.2 Å². The zero-order valence-electron chi connectivity index (χ0n) is 17.9. The van der Waals surface area contributed by atoms with E-state index in [9.17, 15) is 5.11 Å².